The lowest BCUT2D eigenvalue weighted by molar-refractivity contribution is -0.383. The molecule has 0 amide bonds. The standard InChI is InChI=1S/C12H16N6O2/c1-9(8-17-7-3-6-14-17)15-10-4-2-5-11(16-13)12(10)18(19)20/h2-7,9,15-16H,8,13H2,1H3. The number of aromatic nitrogens is 2. The summed E-state index contributed by atoms with van der Waals surface area (Å²) in [5.74, 6) is 5.30. The molecule has 106 valence electrons. The lowest BCUT2D eigenvalue weighted by atomic mass is 10.2. The molecule has 1 unspecified atom stereocenters. The smallest absolute Gasteiger partial charge is 0.316 e. The van der Waals surface area contributed by atoms with Crippen LogP contribution in [0, 0.1) is 10.1 Å². The van der Waals surface area contributed by atoms with Crippen LogP contribution in [0.3, 0.4) is 0 Å². The molecule has 0 bridgehead atoms. The summed E-state index contributed by atoms with van der Waals surface area (Å²) in [5, 5.41) is 18.4. The zero-order valence-electron chi connectivity index (χ0n) is 11.0. The van der Waals surface area contributed by atoms with Crippen molar-refractivity contribution >= 4 is 17.1 Å². The van der Waals surface area contributed by atoms with Crippen molar-refractivity contribution in [3.63, 3.8) is 0 Å². The number of nitrogen functional groups attached to an aromatic ring is 1. The molecule has 0 saturated carbocycles. The van der Waals surface area contributed by atoms with Crippen LogP contribution < -0.4 is 16.6 Å². The molecule has 1 atom stereocenters. The largest absolute Gasteiger partial charge is 0.375 e. The van der Waals surface area contributed by atoms with Gasteiger partial charge in [0.05, 0.1) is 11.5 Å². The monoisotopic (exact) mass is 276 g/mol. The van der Waals surface area contributed by atoms with E-state index < -0.39 is 4.92 Å². The minimum Gasteiger partial charge on any atom is -0.375 e. The van der Waals surface area contributed by atoms with Gasteiger partial charge in [0.2, 0.25) is 0 Å². The summed E-state index contributed by atoms with van der Waals surface area (Å²) in [6.45, 7) is 2.53. The number of rotatable bonds is 6. The van der Waals surface area contributed by atoms with Crippen molar-refractivity contribution < 1.29 is 4.92 Å². The Kier molecular flexibility index (Phi) is 4.16. The molecular formula is C12H16N6O2. The normalized spacial score (nSPS) is 11.9. The fraction of sp³-hybridized carbons (Fsp3) is 0.250. The maximum atomic E-state index is 11.2. The van der Waals surface area contributed by atoms with E-state index in [1.54, 1.807) is 29.1 Å². The Balaban J connectivity index is 2.18. The van der Waals surface area contributed by atoms with Crippen LogP contribution in [0.15, 0.2) is 36.7 Å². The SMILES string of the molecule is CC(Cn1cccn1)Nc1cccc(NN)c1[N+](=O)[O-]. The van der Waals surface area contributed by atoms with Gasteiger partial charge in [-0.05, 0) is 25.1 Å². The average Bonchev–Trinajstić information content (AvgIpc) is 2.90. The highest BCUT2D eigenvalue weighted by Gasteiger charge is 2.20. The van der Waals surface area contributed by atoms with Gasteiger partial charge in [-0.3, -0.25) is 20.6 Å². The van der Waals surface area contributed by atoms with E-state index in [1.165, 1.54) is 0 Å². The minimum absolute atomic E-state index is 0.0263. The number of anilines is 2. The Labute approximate surface area is 115 Å². The van der Waals surface area contributed by atoms with Gasteiger partial charge in [0.1, 0.15) is 11.4 Å². The van der Waals surface area contributed by atoms with Gasteiger partial charge >= 0.3 is 5.69 Å². The molecule has 8 nitrogen and oxygen atoms in total. The average molecular weight is 276 g/mol. The quantitative estimate of drug-likeness (QED) is 0.419. The number of nitro groups is 1. The Hall–Kier alpha value is -2.61. The first-order chi connectivity index (χ1) is 9.61. The Morgan fingerprint density at radius 2 is 2.20 bits per heavy atom. The number of hydrogen-bond donors (Lipinski definition) is 3. The molecule has 1 aromatic heterocycles. The number of para-hydroxylation sites is 1. The fourth-order valence-electron chi connectivity index (χ4n) is 1.97. The summed E-state index contributed by atoms with van der Waals surface area (Å²) in [5.41, 5.74) is 2.96. The molecule has 20 heavy (non-hydrogen) atoms. The van der Waals surface area contributed by atoms with Gasteiger partial charge < -0.3 is 10.7 Å². The van der Waals surface area contributed by atoms with Gasteiger partial charge in [-0.2, -0.15) is 5.10 Å². The van der Waals surface area contributed by atoms with Crippen LogP contribution in [0.25, 0.3) is 0 Å². The Morgan fingerprint density at radius 3 is 2.80 bits per heavy atom. The molecule has 0 aliphatic carbocycles. The third-order valence-electron chi connectivity index (χ3n) is 2.80. The third-order valence-corrected chi connectivity index (χ3v) is 2.80. The van der Waals surface area contributed by atoms with Crippen molar-refractivity contribution in [3.05, 3.63) is 46.8 Å². The molecule has 0 saturated heterocycles. The molecule has 0 spiro atoms. The molecule has 0 radical (unpaired) electrons. The van der Waals surface area contributed by atoms with Crippen LogP contribution in [0.4, 0.5) is 17.1 Å². The van der Waals surface area contributed by atoms with Crippen molar-refractivity contribution in [1.82, 2.24) is 9.78 Å². The second kappa shape index (κ2) is 6.02. The van der Waals surface area contributed by atoms with Crippen molar-refractivity contribution in [2.45, 2.75) is 19.5 Å². The lowest BCUT2D eigenvalue weighted by Gasteiger charge is -2.16. The van der Waals surface area contributed by atoms with Gasteiger partial charge in [0.25, 0.3) is 0 Å². The lowest BCUT2D eigenvalue weighted by Crippen LogP contribution is -2.23. The molecule has 1 heterocycles. The third kappa shape index (κ3) is 3.04. The highest BCUT2D eigenvalue weighted by molar-refractivity contribution is 5.75. The predicted octanol–water partition coefficient (Wildman–Crippen LogP) is 1.58. The topological polar surface area (TPSA) is 111 Å². The van der Waals surface area contributed by atoms with Crippen LogP contribution >= 0.6 is 0 Å². The minimum atomic E-state index is -0.460. The zero-order chi connectivity index (χ0) is 14.5. The summed E-state index contributed by atoms with van der Waals surface area (Å²) < 4.78 is 1.76. The van der Waals surface area contributed by atoms with E-state index in [-0.39, 0.29) is 17.4 Å². The van der Waals surface area contributed by atoms with Crippen molar-refractivity contribution in [2.24, 2.45) is 5.84 Å². The second-order valence-electron chi connectivity index (χ2n) is 4.38. The number of benzene rings is 1. The van der Waals surface area contributed by atoms with E-state index in [9.17, 15) is 10.1 Å². The van der Waals surface area contributed by atoms with Gasteiger partial charge in [-0.25, -0.2) is 0 Å². The highest BCUT2D eigenvalue weighted by Crippen LogP contribution is 2.32. The van der Waals surface area contributed by atoms with E-state index in [2.05, 4.69) is 15.8 Å². The maximum Gasteiger partial charge on any atom is 0.316 e. The number of nitrogens with one attached hydrogen (secondary N) is 2. The number of hydrazine groups is 1. The van der Waals surface area contributed by atoms with E-state index in [1.807, 2.05) is 19.2 Å². The van der Waals surface area contributed by atoms with Crippen LogP contribution in [-0.4, -0.2) is 20.7 Å². The Morgan fingerprint density at radius 1 is 1.45 bits per heavy atom. The second-order valence-corrected chi connectivity index (χ2v) is 4.38. The molecular weight excluding hydrogens is 260 g/mol. The van der Waals surface area contributed by atoms with Gasteiger partial charge in [0.15, 0.2) is 0 Å². The highest BCUT2D eigenvalue weighted by atomic mass is 16.6. The number of nitrogens with two attached hydrogens (primary N) is 1. The molecule has 2 rings (SSSR count). The van der Waals surface area contributed by atoms with Gasteiger partial charge in [0, 0.05) is 18.4 Å². The fourth-order valence-corrected chi connectivity index (χ4v) is 1.97. The van der Waals surface area contributed by atoms with Crippen LogP contribution in [-0.2, 0) is 6.54 Å². The molecule has 0 aliphatic rings. The number of hydrogen-bond acceptors (Lipinski definition) is 6. The summed E-state index contributed by atoms with van der Waals surface area (Å²) in [6, 6.07) is 6.71. The van der Waals surface area contributed by atoms with Crippen LogP contribution in [0.5, 0.6) is 0 Å². The zero-order valence-corrected chi connectivity index (χ0v) is 11.0. The van der Waals surface area contributed by atoms with E-state index in [0.29, 0.717) is 12.2 Å². The van der Waals surface area contributed by atoms with Crippen molar-refractivity contribution in [2.75, 3.05) is 10.7 Å². The Bertz CT molecular complexity index is 584. The van der Waals surface area contributed by atoms with E-state index in [4.69, 9.17) is 5.84 Å². The molecule has 2 aromatic rings. The van der Waals surface area contributed by atoms with Crippen LogP contribution in [0.2, 0.25) is 0 Å². The maximum absolute atomic E-state index is 11.2. The van der Waals surface area contributed by atoms with Crippen molar-refractivity contribution in [1.29, 1.82) is 0 Å². The van der Waals surface area contributed by atoms with E-state index >= 15 is 0 Å². The first-order valence-corrected chi connectivity index (χ1v) is 6.10. The first kappa shape index (κ1) is 13.8. The summed E-state index contributed by atoms with van der Waals surface area (Å²) >= 11 is 0. The first-order valence-electron chi connectivity index (χ1n) is 6.10. The molecule has 0 aliphatic heterocycles. The van der Waals surface area contributed by atoms with Crippen molar-refractivity contribution in [3.8, 4) is 0 Å². The molecule has 8 heteroatoms. The summed E-state index contributed by atoms with van der Waals surface area (Å²) in [4.78, 5) is 10.7. The summed E-state index contributed by atoms with van der Waals surface area (Å²) in [6.07, 6.45) is 3.53. The van der Waals surface area contributed by atoms with Gasteiger partial charge in [-0.15, -0.1) is 0 Å². The molecule has 0 fully saturated rings. The predicted molar refractivity (Wildman–Crippen MR) is 76.2 cm³/mol. The number of nitrogens with zero attached hydrogens (tertiary/aromatic N) is 3. The summed E-state index contributed by atoms with van der Waals surface area (Å²) in [7, 11) is 0. The van der Waals surface area contributed by atoms with E-state index in [0.717, 1.165) is 0 Å². The molecule has 1 aromatic carbocycles. The molecule has 4 N–H and O–H groups in total. The number of nitro benzene ring substituents is 1. The van der Waals surface area contributed by atoms with Crippen LogP contribution in [0.1, 0.15) is 6.92 Å². The van der Waals surface area contributed by atoms with Gasteiger partial charge in [-0.1, -0.05) is 6.07 Å².